The number of aliphatic hydroxyl groups is 1. The highest BCUT2D eigenvalue weighted by Gasteiger charge is 2.78. The van der Waals surface area contributed by atoms with Gasteiger partial charge >= 0.3 is 0 Å². The van der Waals surface area contributed by atoms with Gasteiger partial charge in [0.1, 0.15) is 11.8 Å². The van der Waals surface area contributed by atoms with Gasteiger partial charge in [0, 0.05) is 23.5 Å². The van der Waals surface area contributed by atoms with Gasteiger partial charge in [-0.1, -0.05) is 66.2 Å². The summed E-state index contributed by atoms with van der Waals surface area (Å²) in [6.45, 7) is 14.2. The zero-order chi connectivity index (χ0) is 35.8. The number of ether oxygens (including phenoxy) is 1. The van der Waals surface area contributed by atoms with Crippen LogP contribution in [-0.2, 0) is 14.4 Å². The predicted octanol–water partition coefficient (Wildman–Crippen LogP) is 7.00. The summed E-state index contributed by atoms with van der Waals surface area (Å²) in [6, 6.07) is 20.3. The Hall–Kier alpha value is -4.05. The van der Waals surface area contributed by atoms with Gasteiger partial charge in [-0.25, -0.2) is 0 Å². The van der Waals surface area contributed by atoms with Crippen LogP contribution in [0.5, 0.6) is 5.75 Å². The molecule has 2 bridgehead atoms. The number of rotatable bonds is 13. The number of aryl methyl sites for hydroxylation is 1. The monoisotopic (exact) mass is 713 g/mol. The summed E-state index contributed by atoms with van der Waals surface area (Å²) in [5.41, 5.74) is 2.73. The number of hydrogen-bond acceptors (Lipinski definition) is 6. The third kappa shape index (κ3) is 5.83. The van der Waals surface area contributed by atoms with Gasteiger partial charge in [-0.15, -0.1) is 24.9 Å². The summed E-state index contributed by atoms with van der Waals surface area (Å²) in [5, 5.41) is 11.4. The topological polar surface area (TPSA) is 90.4 Å². The van der Waals surface area contributed by atoms with Crippen molar-refractivity contribution in [2.24, 2.45) is 11.8 Å². The van der Waals surface area contributed by atoms with Gasteiger partial charge in [0.2, 0.25) is 11.8 Å². The Morgan fingerprint density at radius 2 is 1.70 bits per heavy atom. The van der Waals surface area contributed by atoms with Crippen molar-refractivity contribution in [1.82, 2.24) is 4.90 Å². The molecular formula is C40H44ClN3O5S. The van der Waals surface area contributed by atoms with Crippen LogP contribution in [0.15, 0.2) is 98.1 Å². The van der Waals surface area contributed by atoms with Crippen molar-refractivity contribution in [1.29, 1.82) is 0 Å². The molecule has 0 aromatic heterocycles. The van der Waals surface area contributed by atoms with E-state index in [1.54, 1.807) is 44.7 Å². The summed E-state index contributed by atoms with van der Waals surface area (Å²) >= 11 is 8.36. The highest BCUT2D eigenvalue weighted by Crippen LogP contribution is 2.72. The van der Waals surface area contributed by atoms with Gasteiger partial charge in [-0.3, -0.25) is 14.4 Å². The van der Waals surface area contributed by atoms with Crippen molar-refractivity contribution in [3.8, 4) is 5.75 Å². The number of anilines is 2. The number of carbonyl (C=O) groups excluding carboxylic acids is 3. The number of likely N-dealkylation sites (tertiary alicyclic amines) is 1. The molecule has 2 unspecified atom stereocenters. The number of amides is 3. The number of aliphatic hydroxyl groups excluding tert-OH is 1. The number of hydrogen-bond donors (Lipinski definition) is 1. The normalized spacial score (nSPS) is 25.6. The number of carbonyl (C=O) groups is 3. The number of benzene rings is 3. The molecule has 10 heteroatoms. The van der Waals surface area contributed by atoms with E-state index in [9.17, 15) is 9.90 Å². The third-order valence-corrected chi connectivity index (χ3v) is 12.8. The van der Waals surface area contributed by atoms with E-state index < -0.39 is 40.0 Å². The van der Waals surface area contributed by atoms with E-state index >= 15 is 9.59 Å². The Kier molecular flexibility index (Phi) is 10.2. The largest absolute Gasteiger partial charge is 0.494 e. The minimum atomic E-state index is -0.990. The molecular weight excluding hydrogens is 670 g/mol. The van der Waals surface area contributed by atoms with Crippen LogP contribution in [-0.4, -0.2) is 69.6 Å². The number of fused-ring (bicyclic) bond motifs is 1. The van der Waals surface area contributed by atoms with Crippen LogP contribution in [0.4, 0.5) is 11.4 Å². The molecule has 3 fully saturated rings. The fourth-order valence-corrected chi connectivity index (χ4v) is 11.1. The fraction of sp³-hybridized carbons (Fsp3) is 0.375. The van der Waals surface area contributed by atoms with E-state index in [0.717, 1.165) is 5.56 Å². The van der Waals surface area contributed by atoms with Gasteiger partial charge in [0.15, 0.2) is 0 Å². The molecule has 3 heterocycles. The lowest BCUT2D eigenvalue weighted by Crippen LogP contribution is -2.56. The summed E-state index contributed by atoms with van der Waals surface area (Å²) in [6.07, 6.45) is 4.53. The van der Waals surface area contributed by atoms with Crippen molar-refractivity contribution < 1.29 is 24.2 Å². The molecule has 0 saturated carbocycles. The first-order valence-corrected chi connectivity index (χ1v) is 18.3. The molecule has 3 aromatic rings. The molecule has 3 amide bonds. The smallest absolute Gasteiger partial charge is 0.251 e. The third-order valence-electron chi connectivity index (χ3n) is 10.5. The number of para-hydroxylation sites is 1. The Morgan fingerprint density at radius 1 is 1.02 bits per heavy atom. The van der Waals surface area contributed by atoms with Gasteiger partial charge in [0.05, 0.1) is 46.5 Å². The molecule has 3 aliphatic rings. The molecule has 0 aliphatic carbocycles. The van der Waals surface area contributed by atoms with Crippen molar-refractivity contribution in [3.63, 3.8) is 0 Å². The van der Waals surface area contributed by atoms with Gasteiger partial charge in [0.25, 0.3) is 5.91 Å². The van der Waals surface area contributed by atoms with Gasteiger partial charge in [-0.2, -0.15) is 0 Å². The molecule has 3 aromatic carbocycles. The van der Waals surface area contributed by atoms with E-state index in [1.165, 1.54) is 0 Å². The Morgan fingerprint density at radius 3 is 2.32 bits per heavy atom. The zero-order valence-electron chi connectivity index (χ0n) is 28.8. The molecule has 0 radical (unpaired) electrons. The maximum atomic E-state index is 15.3. The molecule has 262 valence electrons. The first kappa shape index (κ1) is 35.8. The average molecular weight is 714 g/mol. The van der Waals surface area contributed by atoms with E-state index in [2.05, 4.69) is 20.1 Å². The molecule has 1 N–H and O–H groups in total. The zero-order valence-corrected chi connectivity index (χ0v) is 30.3. The Bertz CT molecular complexity index is 1770. The maximum Gasteiger partial charge on any atom is 0.251 e. The highest BCUT2D eigenvalue weighted by molar-refractivity contribution is 8.02. The van der Waals surface area contributed by atoms with E-state index in [4.69, 9.17) is 16.3 Å². The van der Waals surface area contributed by atoms with Crippen LogP contribution in [0.25, 0.3) is 0 Å². The van der Waals surface area contributed by atoms with Crippen LogP contribution in [0.1, 0.15) is 43.9 Å². The summed E-state index contributed by atoms with van der Waals surface area (Å²) in [7, 11) is 0. The van der Waals surface area contributed by atoms with E-state index in [-0.39, 0.29) is 30.8 Å². The Balaban J connectivity index is 1.49. The second-order valence-corrected chi connectivity index (χ2v) is 15.7. The Labute approximate surface area is 303 Å². The molecule has 50 heavy (non-hydrogen) atoms. The van der Waals surface area contributed by atoms with Crippen molar-refractivity contribution >= 4 is 52.5 Å². The van der Waals surface area contributed by atoms with Crippen LogP contribution in [0.3, 0.4) is 0 Å². The van der Waals surface area contributed by atoms with Gasteiger partial charge in [-0.05, 0) is 75.1 Å². The molecule has 8 nitrogen and oxygen atoms in total. The van der Waals surface area contributed by atoms with E-state index in [1.807, 2.05) is 80.6 Å². The second kappa shape index (κ2) is 14.3. The summed E-state index contributed by atoms with van der Waals surface area (Å²) in [5.74, 6) is -1.66. The van der Waals surface area contributed by atoms with Crippen LogP contribution in [0, 0.1) is 18.8 Å². The van der Waals surface area contributed by atoms with Crippen LogP contribution >= 0.6 is 23.4 Å². The highest BCUT2D eigenvalue weighted by atomic mass is 35.5. The fourth-order valence-electron chi connectivity index (χ4n) is 8.43. The van der Waals surface area contributed by atoms with Crippen molar-refractivity contribution in [2.45, 2.75) is 55.2 Å². The number of nitrogens with zero attached hydrogens (tertiary/aromatic N) is 3. The minimum absolute atomic E-state index is 0.160. The van der Waals surface area contributed by atoms with Crippen LogP contribution < -0.4 is 14.5 Å². The standard InChI is InChI=1S/C40H44ClN3O5S/c1-6-23-42(28-17-19-29(20-18-28)49-8-3)36(46)32-33-37(47)44(31(25-45)27-14-10-9-11-15-27)35(40(33)22-21-39(32,5)50-40)38(48)43(24-7-2)34-26(4)13-12-16-30(34)41/h6-7,9-20,31-33,35,45H,1-2,8,21-25H2,3-5H3/t31-,32-,33+,35?,39+,40?/m1/s1. The predicted molar refractivity (Wildman–Crippen MR) is 201 cm³/mol. The second-order valence-electron chi connectivity index (χ2n) is 13.4. The van der Waals surface area contributed by atoms with Crippen LogP contribution in [0.2, 0.25) is 5.02 Å². The SMILES string of the molecule is C=CCN(C(=O)[C@H]1[C@H]2C(=O)N([C@H](CO)c3ccccc3)C(C(=O)N(CC=C)c3c(C)cccc3Cl)C23CC[C@]1(C)S3)c1ccc(OCC)cc1. The summed E-state index contributed by atoms with van der Waals surface area (Å²) in [4.78, 5) is 50.3. The molecule has 1 spiro atoms. The molecule has 3 aliphatic heterocycles. The molecule has 6 rings (SSSR count). The minimum Gasteiger partial charge on any atom is -0.494 e. The van der Waals surface area contributed by atoms with Crippen molar-refractivity contribution in [2.75, 3.05) is 36.1 Å². The maximum absolute atomic E-state index is 15.3. The lowest BCUT2D eigenvalue weighted by molar-refractivity contribution is -0.142. The number of halogens is 1. The molecule has 6 atom stereocenters. The summed E-state index contributed by atoms with van der Waals surface area (Å²) < 4.78 is 4.09. The van der Waals surface area contributed by atoms with Crippen molar-refractivity contribution in [3.05, 3.63) is 114 Å². The molecule has 3 saturated heterocycles. The lowest BCUT2D eigenvalue weighted by Gasteiger charge is -2.40. The first-order valence-electron chi connectivity index (χ1n) is 17.1. The quantitative estimate of drug-likeness (QED) is 0.192. The first-order chi connectivity index (χ1) is 24.1. The van der Waals surface area contributed by atoms with E-state index in [0.29, 0.717) is 47.2 Å². The number of thioether (sulfide) groups is 1. The van der Waals surface area contributed by atoms with Gasteiger partial charge < -0.3 is 24.5 Å². The lowest BCUT2D eigenvalue weighted by atomic mass is 9.66. The average Bonchev–Trinajstić information content (AvgIpc) is 3.68.